The van der Waals surface area contributed by atoms with E-state index in [4.69, 9.17) is 4.74 Å². The molecule has 0 bridgehead atoms. The van der Waals surface area contributed by atoms with Crippen LogP contribution in [-0.2, 0) is 14.8 Å². The molecule has 21 heavy (non-hydrogen) atoms. The number of amides is 1. The zero-order valence-corrected chi connectivity index (χ0v) is 13.3. The minimum Gasteiger partial charge on any atom is -0.461 e. The largest absolute Gasteiger partial charge is 0.461 e. The number of nitrogens with one attached hydrogen (secondary N) is 2. The molecular weight excluding hydrogens is 318 g/mol. The van der Waals surface area contributed by atoms with Crippen LogP contribution in [0.25, 0.3) is 0 Å². The molecule has 1 aromatic rings. The Labute approximate surface area is 127 Å². The van der Waals surface area contributed by atoms with Gasteiger partial charge in [-0.05, 0) is 13.3 Å². The fourth-order valence-corrected chi connectivity index (χ4v) is 2.51. The molecule has 0 aliphatic rings. The standard InChI is InChI=1S/C11H17N3O5S2/c1-3-19-11(16)10-14-8(7-20-10)9(15)12-5-4-6-13-21(2,17)18/h7,13H,3-6H2,1-2H3,(H,12,15). The van der Waals surface area contributed by atoms with Crippen molar-refractivity contribution in [1.82, 2.24) is 15.0 Å². The molecule has 8 nitrogen and oxygen atoms in total. The maximum atomic E-state index is 11.7. The minimum atomic E-state index is -3.21. The molecule has 0 saturated heterocycles. The van der Waals surface area contributed by atoms with E-state index in [1.165, 1.54) is 5.38 Å². The molecule has 10 heteroatoms. The summed E-state index contributed by atoms with van der Waals surface area (Å²) in [5.74, 6) is -0.972. The lowest BCUT2D eigenvalue weighted by Gasteiger charge is -2.03. The summed E-state index contributed by atoms with van der Waals surface area (Å²) in [6, 6.07) is 0. The molecule has 0 aliphatic heterocycles. The van der Waals surface area contributed by atoms with Crippen molar-refractivity contribution in [2.45, 2.75) is 13.3 Å². The van der Waals surface area contributed by atoms with E-state index in [-0.39, 0.29) is 23.9 Å². The summed E-state index contributed by atoms with van der Waals surface area (Å²) in [6.07, 6.45) is 1.52. The van der Waals surface area contributed by atoms with Crippen LogP contribution in [0, 0.1) is 0 Å². The maximum absolute atomic E-state index is 11.7. The van der Waals surface area contributed by atoms with E-state index in [0.29, 0.717) is 13.0 Å². The first kappa shape index (κ1) is 17.5. The smallest absolute Gasteiger partial charge is 0.367 e. The van der Waals surface area contributed by atoms with Crippen LogP contribution in [0.3, 0.4) is 0 Å². The Morgan fingerprint density at radius 3 is 2.71 bits per heavy atom. The number of sulfonamides is 1. The van der Waals surface area contributed by atoms with Gasteiger partial charge in [0, 0.05) is 18.5 Å². The van der Waals surface area contributed by atoms with Crippen LogP contribution in [0.2, 0.25) is 0 Å². The van der Waals surface area contributed by atoms with Gasteiger partial charge in [0.2, 0.25) is 15.0 Å². The third-order valence-electron chi connectivity index (χ3n) is 2.19. The van der Waals surface area contributed by atoms with E-state index in [2.05, 4.69) is 15.0 Å². The number of carbonyl (C=O) groups excluding carboxylic acids is 2. The lowest BCUT2D eigenvalue weighted by atomic mass is 10.4. The van der Waals surface area contributed by atoms with Gasteiger partial charge in [0.25, 0.3) is 5.91 Å². The molecule has 2 N–H and O–H groups in total. The number of thiazole rings is 1. The van der Waals surface area contributed by atoms with Crippen LogP contribution < -0.4 is 10.0 Å². The number of ether oxygens (including phenoxy) is 1. The zero-order valence-electron chi connectivity index (χ0n) is 11.7. The van der Waals surface area contributed by atoms with Crippen LogP contribution in [0.15, 0.2) is 5.38 Å². The van der Waals surface area contributed by atoms with Gasteiger partial charge in [0.05, 0.1) is 12.9 Å². The minimum absolute atomic E-state index is 0.126. The van der Waals surface area contributed by atoms with Crippen LogP contribution in [0.1, 0.15) is 33.6 Å². The fraction of sp³-hybridized carbons (Fsp3) is 0.545. The molecule has 0 fully saturated rings. The predicted octanol–water partition coefficient (Wildman–Crippen LogP) is -0.0111. The first-order valence-electron chi connectivity index (χ1n) is 6.19. The summed E-state index contributed by atoms with van der Waals surface area (Å²) < 4.78 is 28.7. The monoisotopic (exact) mass is 335 g/mol. The highest BCUT2D eigenvalue weighted by atomic mass is 32.2. The molecule has 1 amide bonds. The first-order chi connectivity index (χ1) is 9.83. The molecule has 1 aromatic heterocycles. The Hall–Kier alpha value is -1.52. The normalized spacial score (nSPS) is 11.1. The van der Waals surface area contributed by atoms with Crippen LogP contribution in [0.5, 0.6) is 0 Å². The van der Waals surface area contributed by atoms with Crippen LogP contribution >= 0.6 is 11.3 Å². The van der Waals surface area contributed by atoms with E-state index in [1.807, 2.05) is 0 Å². The Bertz CT molecular complexity index is 597. The van der Waals surface area contributed by atoms with E-state index < -0.39 is 21.9 Å². The second-order valence-electron chi connectivity index (χ2n) is 4.03. The Kier molecular flexibility index (Phi) is 6.72. The summed E-state index contributed by atoms with van der Waals surface area (Å²) in [7, 11) is -3.21. The molecule has 0 spiro atoms. The molecule has 0 aromatic carbocycles. The summed E-state index contributed by atoms with van der Waals surface area (Å²) in [5.41, 5.74) is 0.138. The molecule has 0 radical (unpaired) electrons. The summed E-state index contributed by atoms with van der Waals surface area (Å²) in [5, 5.41) is 4.18. The van der Waals surface area contributed by atoms with Crippen molar-refractivity contribution < 1.29 is 22.7 Å². The highest BCUT2D eigenvalue weighted by Gasteiger charge is 2.15. The molecule has 1 rings (SSSR count). The third kappa shape index (κ3) is 6.65. The van der Waals surface area contributed by atoms with Gasteiger partial charge in [-0.15, -0.1) is 11.3 Å². The highest BCUT2D eigenvalue weighted by molar-refractivity contribution is 7.88. The number of esters is 1. The molecular formula is C11H17N3O5S2. The lowest BCUT2D eigenvalue weighted by Crippen LogP contribution is -2.29. The first-order valence-corrected chi connectivity index (χ1v) is 8.96. The van der Waals surface area contributed by atoms with Gasteiger partial charge in [-0.25, -0.2) is 22.9 Å². The third-order valence-corrected chi connectivity index (χ3v) is 3.74. The van der Waals surface area contributed by atoms with Crippen molar-refractivity contribution >= 4 is 33.2 Å². The summed E-state index contributed by atoms with van der Waals surface area (Å²) in [6.45, 7) is 2.47. The second kappa shape index (κ2) is 8.05. The number of hydrogen-bond donors (Lipinski definition) is 2. The van der Waals surface area contributed by atoms with Gasteiger partial charge >= 0.3 is 5.97 Å². The lowest BCUT2D eigenvalue weighted by molar-refractivity contribution is 0.0526. The van der Waals surface area contributed by atoms with Crippen molar-refractivity contribution in [2.24, 2.45) is 0 Å². The van der Waals surface area contributed by atoms with Crippen LogP contribution in [0.4, 0.5) is 0 Å². The number of hydrogen-bond acceptors (Lipinski definition) is 7. The van der Waals surface area contributed by atoms with Gasteiger partial charge in [0.15, 0.2) is 0 Å². The Balaban J connectivity index is 2.37. The van der Waals surface area contributed by atoms with E-state index in [0.717, 1.165) is 17.6 Å². The zero-order chi connectivity index (χ0) is 15.9. The van der Waals surface area contributed by atoms with Crippen LogP contribution in [-0.4, -0.2) is 51.2 Å². The molecule has 0 atom stereocenters. The van der Waals surface area contributed by atoms with E-state index >= 15 is 0 Å². The average molecular weight is 335 g/mol. The summed E-state index contributed by atoms with van der Waals surface area (Å²) >= 11 is 1.03. The van der Waals surface area contributed by atoms with Gasteiger partial charge < -0.3 is 10.1 Å². The van der Waals surface area contributed by atoms with E-state index in [1.54, 1.807) is 6.92 Å². The number of carbonyl (C=O) groups is 2. The van der Waals surface area contributed by atoms with Gasteiger partial charge in [-0.2, -0.15) is 0 Å². The van der Waals surface area contributed by atoms with Crippen molar-refractivity contribution in [1.29, 1.82) is 0 Å². The summed E-state index contributed by atoms with van der Waals surface area (Å²) in [4.78, 5) is 27.0. The van der Waals surface area contributed by atoms with E-state index in [9.17, 15) is 18.0 Å². The molecule has 118 valence electrons. The number of rotatable bonds is 8. The molecule has 1 heterocycles. The van der Waals surface area contributed by atoms with Gasteiger partial charge in [-0.3, -0.25) is 4.79 Å². The van der Waals surface area contributed by atoms with Crippen molar-refractivity contribution in [3.05, 3.63) is 16.1 Å². The Morgan fingerprint density at radius 1 is 1.38 bits per heavy atom. The number of nitrogens with zero attached hydrogens (tertiary/aromatic N) is 1. The van der Waals surface area contributed by atoms with Crippen molar-refractivity contribution in [3.63, 3.8) is 0 Å². The van der Waals surface area contributed by atoms with Crippen molar-refractivity contribution in [3.8, 4) is 0 Å². The number of aromatic nitrogens is 1. The predicted molar refractivity (Wildman–Crippen MR) is 77.9 cm³/mol. The highest BCUT2D eigenvalue weighted by Crippen LogP contribution is 2.11. The van der Waals surface area contributed by atoms with Gasteiger partial charge in [0.1, 0.15) is 5.69 Å². The quantitative estimate of drug-likeness (QED) is 0.510. The van der Waals surface area contributed by atoms with Gasteiger partial charge in [-0.1, -0.05) is 0 Å². The molecule has 0 unspecified atom stereocenters. The maximum Gasteiger partial charge on any atom is 0.367 e. The average Bonchev–Trinajstić information content (AvgIpc) is 2.86. The second-order valence-corrected chi connectivity index (χ2v) is 6.73. The molecule has 0 aliphatic carbocycles. The topological polar surface area (TPSA) is 114 Å². The Morgan fingerprint density at radius 2 is 2.10 bits per heavy atom. The molecule has 0 saturated carbocycles. The van der Waals surface area contributed by atoms with Crippen molar-refractivity contribution in [2.75, 3.05) is 26.0 Å². The fourth-order valence-electron chi connectivity index (χ4n) is 1.30. The SMILES string of the molecule is CCOC(=O)c1nc(C(=O)NCCCNS(C)(=O)=O)cs1.